The van der Waals surface area contributed by atoms with E-state index in [-0.39, 0.29) is 24.2 Å². The number of amides is 2. The highest BCUT2D eigenvalue weighted by Crippen LogP contribution is 2.23. The van der Waals surface area contributed by atoms with Crippen molar-refractivity contribution in [1.29, 1.82) is 0 Å². The lowest BCUT2D eigenvalue weighted by molar-refractivity contribution is -0.127. The lowest BCUT2D eigenvalue weighted by Crippen LogP contribution is -2.50. The fourth-order valence-electron chi connectivity index (χ4n) is 2.74. The number of nitrogens with one attached hydrogen (secondary N) is 1. The number of nitrogens with zero attached hydrogens (tertiary/aromatic N) is 2. The molecule has 0 atom stereocenters. The second-order valence-electron chi connectivity index (χ2n) is 6.13. The summed E-state index contributed by atoms with van der Waals surface area (Å²) in [6.45, 7) is 2.70. The topological polar surface area (TPSA) is 52.7 Å². The van der Waals surface area contributed by atoms with Crippen molar-refractivity contribution >= 4 is 50.8 Å². The molecule has 1 fully saturated rings. The van der Waals surface area contributed by atoms with E-state index in [1.54, 1.807) is 22.3 Å². The molecule has 1 saturated heterocycles. The van der Waals surface area contributed by atoms with Crippen molar-refractivity contribution in [3.05, 3.63) is 57.0 Å². The third kappa shape index (κ3) is 5.98. The van der Waals surface area contributed by atoms with Gasteiger partial charge in [-0.25, -0.2) is 4.39 Å². The number of piperazine rings is 1. The van der Waals surface area contributed by atoms with Crippen molar-refractivity contribution in [1.82, 2.24) is 9.80 Å². The third-order valence-electron chi connectivity index (χ3n) is 4.16. The Hall–Kier alpha value is -2.03. The molecular formula is C19H19BrFN3O2S. The Kier molecular flexibility index (Phi) is 6.76. The van der Waals surface area contributed by atoms with Crippen LogP contribution in [0.4, 0.5) is 10.1 Å². The van der Waals surface area contributed by atoms with Crippen molar-refractivity contribution in [2.75, 3.05) is 38.0 Å². The number of thiophene rings is 1. The lowest BCUT2D eigenvalue weighted by Gasteiger charge is -2.33. The number of carbonyl (C=O) groups excluding carboxylic acids is 2. The van der Waals surface area contributed by atoms with Crippen LogP contribution in [0.15, 0.2) is 46.3 Å². The maximum absolute atomic E-state index is 12.9. The molecule has 8 heteroatoms. The zero-order valence-electron chi connectivity index (χ0n) is 14.5. The highest BCUT2D eigenvalue weighted by Gasteiger charge is 2.21. The molecule has 1 aromatic heterocycles. The molecular weight excluding hydrogens is 433 g/mol. The lowest BCUT2D eigenvalue weighted by atomic mass is 10.2. The predicted molar refractivity (Wildman–Crippen MR) is 109 cm³/mol. The SMILES string of the molecule is O=C(CN1CCN(C(=O)/C=C/c2ccc(Br)s2)CC1)Nc1ccc(F)cc1. The van der Waals surface area contributed by atoms with E-state index in [9.17, 15) is 14.0 Å². The molecule has 2 heterocycles. The highest BCUT2D eigenvalue weighted by molar-refractivity contribution is 9.11. The van der Waals surface area contributed by atoms with Gasteiger partial charge in [-0.1, -0.05) is 0 Å². The van der Waals surface area contributed by atoms with Gasteiger partial charge in [-0.05, 0) is 58.4 Å². The first-order chi connectivity index (χ1) is 13.0. The Morgan fingerprint density at radius 3 is 2.44 bits per heavy atom. The van der Waals surface area contributed by atoms with Crippen LogP contribution in [-0.4, -0.2) is 54.3 Å². The van der Waals surface area contributed by atoms with Gasteiger partial charge < -0.3 is 10.2 Å². The number of hydrogen-bond acceptors (Lipinski definition) is 4. The minimum absolute atomic E-state index is 0.0186. The second-order valence-corrected chi connectivity index (χ2v) is 8.63. The predicted octanol–water partition coefficient (Wildman–Crippen LogP) is 3.45. The van der Waals surface area contributed by atoms with E-state index in [2.05, 4.69) is 21.2 Å². The van der Waals surface area contributed by atoms with Gasteiger partial charge in [0.05, 0.1) is 10.3 Å². The monoisotopic (exact) mass is 451 g/mol. The molecule has 0 aliphatic carbocycles. The fourth-order valence-corrected chi connectivity index (χ4v) is 4.07. The van der Waals surface area contributed by atoms with Crippen LogP contribution in [0, 0.1) is 5.82 Å². The van der Waals surface area contributed by atoms with E-state index in [1.165, 1.54) is 24.3 Å². The van der Waals surface area contributed by atoms with E-state index in [1.807, 2.05) is 23.1 Å². The molecule has 1 aliphatic heterocycles. The molecule has 27 heavy (non-hydrogen) atoms. The molecule has 2 aromatic rings. The summed E-state index contributed by atoms with van der Waals surface area (Å²) in [7, 11) is 0. The quantitative estimate of drug-likeness (QED) is 0.708. The Labute approximate surface area is 169 Å². The van der Waals surface area contributed by atoms with Gasteiger partial charge in [0.1, 0.15) is 5.82 Å². The summed E-state index contributed by atoms with van der Waals surface area (Å²) in [5, 5.41) is 2.75. The molecule has 5 nitrogen and oxygen atoms in total. The van der Waals surface area contributed by atoms with Crippen LogP contribution in [-0.2, 0) is 9.59 Å². The largest absolute Gasteiger partial charge is 0.337 e. The zero-order valence-corrected chi connectivity index (χ0v) is 16.9. The number of benzene rings is 1. The Balaban J connectivity index is 1.42. The normalized spacial score (nSPS) is 15.3. The average molecular weight is 452 g/mol. The van der Waals surface area contributed by atoms with Gasteiger partial charge in [-0.3, -0.25) is 14.5 Å². The number of carbonyl (C=O) groups is 2. The first kappa shape index (κ1) is 19.7. The van der Waals surface area contributed by atoms with Gasteiger partial charge in [0.2, 0.25) is 11.8 Å². The summed E-state index contributed by atoms with van der Waals surface area (Å²) >= 11 is 4.97. The Morgan fingerprint density at radius 2 is 1.81 bits per heavy atom. The van der Waals surface area contributed by atoms with Gasteiger partial charge >= 0.3 is 0 Å². The Morgan fingerprint density at radius 1 is 1.11 bits per heavy atom. The molecule has 1 N–H and O–H groups in total. The minimum Gasteiger partial charge on any atom is -0.337 e. The number of halogens is 2. The average Bonchev–Trinajstić information content (AvgIpc) is 3.07. The van der Waals surface area contributed by atoms with Gasteiger partial charge in [-0.15, -0.1) is 11.3 Å². The van der Waals surface area contributed by atoms with E-state index in [4.69, 9.17) is 0 Å². The van der Waals surface area contributed by atoms with Crippen LogP contribution in [0.3, 0.4) is 0 Å². The van der Waals surface area contributed by atoms with Crippen molar-refractivity contribution in [2.45, 2.75) is 0 Å². The van der Waals surface area contributed by atoms with Crippen molar-refractivity contribution in [3.8, 4) is 0 Å². The summed E-state index contributed by atoms with van der Waals surface area (Å²) in [6.07, 6.45) is 3.41. The van der Waals surface area contributed by atoms with Crippen molar-refractivity contribution in [3.63, 3.8) is 0 Å². The van der Waals surface area contributed by atoms with Gasteiger partial charge in [0, 0.05) is 42.8 Å². The van der Waals surface area contributed by atoms with Crippen LogP contribution in [0.1, 0.15) is 4.88 Å². The molecule has 0 unspecified atom stereocenters. The first-order valence-corrected chi connectivity index (χ1v) is 10.1. The van der Waals surface area contributed by atoms with E-state index >= 15 is 0 Å². The second kappa shape index (κ2) is 9.25. The van der Waals surface area contributed by atoms with Crippen LogP contribution in [0.25, 0.3) is 6.08 Å². The molecule has 0 spiro atoms. The summed E-state index contributed by atoms with van der Waals surface area (Å²) in [5.74, 6) is -0.506. The molecule has 1 aliphatic rings. The Bertz CT molecular complexity index is 830. The summed E-state index contributed by atoms with van der Waals surface area (Å²) in [6, 6.07) is 9.58. The van der Waals surface area contributed by atoms with Crippen LogP contribution < -0.4 is 5.32 Å². The summed E-state index contributed by atoms with van der Waals surface area (Å²) in [4.78, 5) is 29.2. The molecule has 0 bridgehead atoms. The van der Waals surface area contributed by atoms with E-state index in [0.29, 0.717) is 31.9 Å². The smallest absolute Gasteiger partial charge is 0.246 e. The van der Waals surface area contributed by atoms with Crippen LogP contribution >= 0.6 is 27.3 Å². The maximum atomic E-state index is 12.9. The number of anilines is 1. The zero-order chi connectivity index (χ0) is 19.2. The maximum Gasteiger partial charge on any atom is 0.246 e. The molecule has 3 rings (SSSR count). The van der Waals surface area contributed by atoms with Crippen molar-refractivity contribution < 1.29 is 14.0 Å². The van der Waals surface area contributed by atoms with Gasteiger partial charge in [0.15, 0.2) is 0 Å². The number of rotatable bonds is 5. The summed E-state index contributed by atoms with van der Waals surface area (Å²) < 4.78 is 13.9. The van der Waals surface area contributed by atoms with E-state index in [0.717, 1.165) is 8.66 Å². The standard InChI is InChI=1S/C19H19BrFN3O2S/c20-17-7-5-16(27-17)6-8-19(26)24-11-9-23(10-12-24)13-18(25)22-15-3-1-14(21)2-4-15/h1-8H,9-13H2,(H,22,25)/b8-6+. The van der Waals surface area contributed by atoms with Crippen LogP contribution in [0.5, 0.6) is 0 Å². The van der Waals surface area contributed by atoms with Crippen molar-refractivity contribution in [2.24, 2.45) is 0 Å². The summed E-state index contributed by atoms with van der Waals surface area (Å²) in [5.41, 5.74) is 0.570. The highest BCUT2D eigenvalue weighted by atomic mass is 79.9. The molecule has 2 amide bonds. The van der Waals surface area contributed by atoms with E-state index < -0.39 is 0 Å². The number of hydrogen-bond donors (Lipinski definition) is 1. The fraction of sp³-hybridized carbons (Fsp3) is 0.263. The molecule has 0 saturated carbocycles. The minimum atomic E-state index is -0.338. The molecule has 1 aromatic carbocycles. The van der Waals surface area contributed by atoms with Crippen LogP contribution in [0.2, 0.25) is 0 Å². The van der Waals surface area contributed by atoms with Gasteiger partial charge in [-0.2, -0.15) is 0 Å². The third-order valence-corrected chi connectivity index (χ3v) is 5.75. The molecule has 142 valence electrons. The molecule has 0 radical (unpaired) electrons. The first-order valence-electron chi connectivity index (χ1n) is 8.50. The van der Waals surface area contributed by atoms with Gasteiger partial charge in [0.25, 0.3) is 0 Å².